The summed E-state index contributed by atoms with van der Waals surface area (Å²) in [7, 11) is 0. The SMILES string of the molecule is CCO.N.OCCN(CCO)CCO. The molecular formula is C8H24N2O4. The van der Waals surface area contributed by atoms with Crippen LogP contribution in [0.2, 0.25) is 0 Å². The molecule has 6 nitrogen and oxygen atoms in total. The van der Waals surface area contributed by atoms with Crippen LogP contribution in [0.3, 0.4) is 0 Å². The highest BCUT2D eigenvalue weighted by Crippen LogP contribution is 1.84. The molecule has 0 atom stereocenters. The molecule has 0 rings (SSSR count). The molecule has 0 aromatic rings. The summed E-state index contributed by atoms with van der Waals surface area (Å²) in [4.78, 5) is 1.79. The van der Waals surface area contributed by atoms with E-state index >= 15 is 0 Å². The Balaban J connectivity index is -0.000000267. The molecule has 0 spiro atoms. The molecule has 0 aliphatic carbocycles. The van der Waals surface area contributed by atoms with E-state index in [0.717, 1.165) is 0 Å². The number of aliphatic hydroxyl groups is 4. The van der Waals surface area contributed by atoms with E-state index in [1.807, 2.05) is 0 Å². The number of hydrogen-bond acceptors (Lipinski definition) is 6. The standard InChI is InChI=1S/C6H15NO3.C2H6O.H3N/c8-4-1-7(2-5-9)3-6-10;1-2-3;/h8-10H,1-6H2;3H,2H2,1H3;1H3. The summed E-state index contributed by atoms with van der Waals surface area (Å²) >= 11 is 0. The Morgan fingerprint density at radius 1 is 0.786 bits per heavy atom. The molecule has 0 bridgehead atoms. The maximum atomic E-state index is 8.48. The molecule has 0 heterocycles. The fourth-order valence-electron chi connectivity index (χ4n) is 0.760. The maximum Gasteiger partial charge on any atom is 0.0558 e. The van der Waals surface area contributed by atoms with Crippen molar-refractivity contribution in [2.45, 2.75) is 6.92 Å². The molecular weight excluding hydrogens is 188 g/mol. The van der Waals surface area contributed by atoms with Gasteiger partial charge in [0, 0.05) is 26.2 Å². The van der Waals surface area contributed by atoms with E-state index in [9.17, 15) is 0 Å². The zero-order valence-corrected chi connectivity index (χ0v) is 8.89. The quantitative estimate of drug-likeness (QED) is 0.363. The van der Waals surface area contributed by atoms with Crippen LogP contribution < -0.4 is 6.15 Å². The van der Waals surface area contributed by atoms with Gasteiger partial charge in [-0.15, -0.1) is 0 Å². The summed E-state index contributed by atoms with van der Waals surface area (Å²) in [6.45, 7) is 3.68. The van der Waals surface area contributed by atoms with Crippen LogP contribution in [0.5, 0.6) is 0 Å². The smallest absolute Gasteiger partial charge is 0.0558 e. The average molecular weight is 212 g/mol. The van der Waals surface area contributed by atoms with Crippen molar-refractivity contribution in [3.63, 3.8) is 0 Å². The molecule has 0 amide bonds. The topological polar surface area (TPSA) is 119 Å². The molecule has 0 aliphatic rings. The van der Waals surface area contributed by atoms with Crippen molar-refractivity contribution in [3.8, 4) is 0 Å². The minimum Gasteiger partial charge on any atom is -0.397 e. The van der Waals surface area contributed by atoms with Gasteiger partial charge < -0.3 is 26.6 Å². The Bertz CT molecular complexity index is 71.5. The van der Waals surface area contributed by atoms with Gasteiger partial charge in [-0.05, 0) is 6.92 Å². The molecule has 14 heavy (non-hydrogen) atoms. The van der Waals surface area contributed by atoms with Crippen LogP contribution in [-0.4, -0.2) is 71.4 Å². The summed E-state index contributed by atoms with van der Waals surface area (Å²) in [6, 6.07) is 0. The van der Waals surface area contributed by atoms with Crippen LogP contribution in [0.15, 0.2) is 0 Å². The summed E-state index contributed by atoms with van der Waals surface area (Å²) in [6.07, 6.45) is 0. The predicted molar refractivity (Wildman–Crippen MR) is 55.5 cm³/mol. The van der Waals surface area contributed by atoms with Crippen molar-refractivity contribution in [3.05, 3.63) is 0 Å². The first kappa shape index (κ1) is 19.4. The second kappa shape index (κ2) is 18.5. The zero-order chi connectivity index (χ0) is 10.5. The molecule has 0 aromatic carbocycles. The first-order valence-corrected chi connectivity index (χ1v) is 4.42. The summed E-state index contributed by atoms with van der Waals surface area (Å²) in [5.41, 5.74) is 0. The van der Waals surface area contributed by atoms with Crippen molar-refractivity contribution < 1.29 is 20.4 Å². The second-order valence-electron chi connectivity index (χ2n) is 2.33. The molecule has 6 heteroatoms. The third-order valence-corrected chi connectivity index (χ3v) is 1.25. The highest BCUT2D eigenvalue weighted by molar-refractivity contribution is 4.54. The van der Waals surface area contributed by atoms with Crippen LogP contribution in [-0.2, 0) is 0 Å². The van der Waals surface area contributed by atoms with Crippen LogP contribution in [0, 0.1) is 0 Å². The van der Waals surface area contributed by atoms with Crippen molar-refractivity contribution >= 4 is 0 Å². The zero-order valence-electron chi connectivity index (χ0n) is 8.89. The molecule has 0 aromatic heterocycles. The molecule has 0 saturated heterocycles. The summed E-state index contributed by atoms with van der Waals surface area (Å²) < 4.78 is 0. The van der Waals surface area contributed by atoms with Gasteiger partial charge in [-0.25, -0.2) is 0 Å². The highest BCUT2D eigenvalue weighted by atomic mass is 16.3. The van der Waals surface area contributed by atoms with Crippen molar-refractivity contribution in [2.24, 2.45) is 0 Å². The largest absolute Gasteiger partial charge is 0.397 e. The predicted octanol–water partition coefficient (Wildman–Crippen LogP) is -1.57. The summed E-state index contributed by atoms with van der Waals surface area (Å²) in [5, 5.41) is 33.0. The normalized spacial score (nSPS) is 9.00. The van der Waals surface area contributed by atoms with Gasteiger partial charge in [-0.2, -0.15) is 0 Å². The van der Waals surface area contributed by atoms with Crippen LogP contribution in [0.4, 0.5) is 0 Å². The van der Waals surface area contributed by atoms with Gasteiger partial charge in [0.15, 0.2) is 0 Å². The van der Waals surface area contributed by atoms with E-state index in [1.54, 1.807) is 11.8 Å². The Morgan fingerprint density at radius 2 is 1.00 bits per heavy atom. The van der Waals surface area contributed by atoms with Gasteiger partial charge in [0.05, 0.1) is 19.8 Å². The number of hydrogen-bond donors (Lipinski definition) is 5. The van der Waals surface area contributed by atoms with Crippen LogP contribution >= 0.6 is 0 Å². The Hall–Kier alpha value is -0.240. The van der Waals surface area contributed by atoms with E-state index in [4.69, 9.17) is 20.4 Å². The minimum absolute atomic E-state index is 0. The third kappa shape index (κ3) is 17.7. The van der Waals surface area contributed by atoms with Crippen molar-refractivity contribution in [1.29, 1.82) is 0 Å². The lowest BCUT2D eigenvalue weighted by Crippen LogP contribution is -2.32. The lowest BCUT2D eigenvalue weighted by molar-refractivity contribution is 0.136. The van der Waals surface area contributed by atoms with Gasteiger partial charge in [-0.3, -0.25) is 4.90 Å². The van der Waals surface area contributed by atoms with Gasteiger partial charge in [0.1, 0.15) is 0 Å². The fraction of sp³-hybridized carbons (Fsp3) is 1.00. The van der Waals surface area contributed by atoms with E-state index in [0.29, 0.717) is 19.6 Å². The number of rotatable bonds is 6. The van der Waals surface area contributed by atoms with Crippen LogP contribution in [0.25, 0.3) is 0 Å². The maximum absolute atomic E-state index is 8.48. The molecule has 0 aliphatic heterocycles. The molecule has 0 radical (unpaired) electrons. The molecule has 0 saturated carbocycles. The number of nitrogens with zero attached hydrogens (tertiary/aromatic N) is 1. The third-order valence-electron chi connectivity index (χ3n) is 1.25. The van der Waals surface area contributed by atoms with E-state index < -0.39 is 0 Å². The lowest BCUT2D eigenvalue weighted by Gasteiger charge is -2.17. The molecule has 0 unspecified atom stereocenters. The van der Waals surface area contributed by atoms with E-state index in [1.165, 1.54) is 0 Å². The van der Waals surface area contributed by atoms with Crippen LogP contribution in [0.1, 0.15) is 6.92 Å². The van der Waals surface area contributed by atoms with E-state index in [-0.39, 0.29) is 32.6 Å². The lowest BCUT2D eigenvalue weighted by atomic mass is 10.4. The fourth-order valence-corrected chi connectivity index (χ4v) is 0.760. The molecule has 7 N–H and O–H groups in total. The van der Waals surface area contributed by atoms with E-state index in [2.05, 4.69) is 0 Å². The highest BCUT2D eigenvalue weighted by Gasteiger charge is 2.00. The average Bonchev–Trinajstić information content (AvgIpc) is 2.07. The molecule has 0 fully saturated rings. The van der Waals surface area contributed by atoms with Crippen molar-refractivity contribution in [1.82, 2.24) is 11.1 Å². The van der Waals surface area contributed by atoms with Crippen molar-refractivity contribution in [2.75, 3.05) is 46.1 Å². The minimum atomic E-state index is 0. The van der Waals surface area contributed by atoms with Gasteiger partial charge >= 0.3 is 0 Å². The van der Waals surface area contributed by atoms with Gasteiger partial charge in [0.2, 0.25) is 0 Å². The second-order valence-corrected chi connectivity index (χ2v) is 2.33. The monoisotopic (exact) mass is 212 g/mol. The Morgan fingerprint density at radius 3 is 1.14 bits per heavy atom. The Kier molecular flexibility index (Phi) is 25.6. The first-order chi connectivity index (χ1) is 6.26. The number of aliphatic hydroxyl groups excluding tert-OH is 4. The summed E-state index contributed by atoms with van der Waals surface area (Å²) in [5.74, 6) is 0. The Labute approximate surface area is 85.4 Å². The first-order valence-electron chi connectivity index (χ1n) is 4.42. The van der Waals surface area contributed by atoms with Gasteiger partial charge in [-0.1, -0.05) is 0 Å². The van der Waals surface area contributed by atoms with Gasteiger partial charge in [0.25, 0.3) is 0 Å². The molecule has 90 valence electrons.